The predicted molar refractivity (Wildman–Crippen MR) is 106 cm³/mol. The Kier molecular flexibility index (Phi) is 4.62. The van der Waals surface area contributed by atoms with Crippen molar-refractivity contribution in [3.05, 3.63) is 58.6 Å². The molecule has 0 saturated carbocycles. The quantitative estimate of drug-likeness (QED) is 0.301. The Morgan fingerprint density at radius 3 is 2.86 bits per heavy atom. The van der Waals surface area contributed by atoms with Crippen LogP contribution in [0.15, 0.2) is 53.7 Å². The first-order chi connectivity index (χ1) is 13.5. The van der Waals surface area contributed by atoms with Crippen LogP contribution in [0.1, 0.15) is 6.92 Å². The maximum absolute atomic E-state index is 12.4. The molecule has 0 fully saturated rings. The van der Waals surface area contributed by atoms with Gasteiger partial charge in [0.15, 0.2) is 5.65 Å². The van der Waals surface area contributed by atoms with Crippen molar-refractivity contribution in [1.29, 1.82) is 0 Å². The van der Waals surface area contributed by atoms with Crippen molar-refractivity contribution in [2.24, 2.45) is 0 Å². The summed E-state index contributed by atoms with van der Waals surface area (Å²) in [5, 5.41) is 22.6. The van der Waals surface area contributed by atoms with Gasteiger partial charge in [0, 0.05) is 28.7 Å². The molecule has 0 aliphatic carbocycles. The van der Waals surface area contributed by atoms with Crippen LogP contribution in [0.3, 0.4) is 0 Å². The topological polar surface area (TPSA) is 127 Å². The maximum Gasteiger partial charge on any atom is 0.271 e. The molecular weight excluding hydrogens is 380 g/mol. The van der Waals surface area contributed by atoms with Crippen LogP contribution in [0, 0.1) is 10.1 Å². The van der Waals surface area contributed by atoms with Gasteiger partial charge < -0.3 is 10.3 Å². The summed E-state index contributed by atoms with van der Waals surface area (Å²) in [6.07, 6.45) is 0. The minimum absolute atomic E-state index is 0.0881. The fraction of sp³-hybridized carbons (Fsp3) is 0.111. The molecule has 4 aromatic rings. The van der Waals surface area contributed by atoms with Gasteiger partial charge in [-0.2, -0.15) is 0 Å². The molecule has 28 heavy (non-hydrogen) atoms. The molecule has 9 nitrogen and oxygen atoms in total. The Morgan fingerprint density at radius 1 is 1.21 bits per heavy atom. The maximum atomic E-state index is 12.4. The van der Waals surface area contributed by atoms with Crippen molar-refractivity contribution in [3.63, 3.8) is 0 Å². The van der Waals surface area contributed by atoms with Crippen molar-refractivity contribution < 1.29 is 9.72 Å². The lowest BCUT2D eigenvalue weighted by Crippen LogP contribution is -2.22. The van der Waals surface area contributed by atoms with E-state index in [9.17, 15) is 14.9 Å². The van der Waals surface area contributed by atoms with E-state index in [0.29, 0.717) is 22.0 Å². The number of anilines is 1. The Balaban J connectivity index is 1.50. The number of nitro groups is 1. The molecule has 0 spiro atoms. The summed E-state index contributed by atoms with van der Waals surface area (Å²) in [6, 6.07) is 13.5. The van der Waals surface area contributed by atoms with Gasteiger partial charge in [-0.15, -0.1) is 10.2 Å². The molecule has 0 unspecified atom stereocenters. The molecule has 0 aliphatic heterocycles. The standard InChI is InChI=1S/C18H14N6O3S/c1-10(17(25)19-11-5-4-6-12(9-11)24(26)27)28-18-21-16-15(22-23-18)13-7-2-3-8-14(13)20-16/h2-10H,1H3,(H,19,25)(H,20,21,23)/t10-/m1/s1. The third kappa shape index (κ3) is 3.49. The summed E-state index contributed by atoms with van der Waals surface area (Å²) in [5.41, 5.74) is 2.46. The number of carbonyl (C=O) groups is 1. The van der Waals surface area contributed by atoms with E-state index in [1.807, 2.05) is 24.3 Å². The number of carbonyl (C=O) groups excluding carboxylic acids is 1. The molecule has 2 aromatic carbocycles. The fourth-order valence-corrected chi connectivity index (χ4v) is 3.42. The number of thioether (sulfide) groups is 1. The van der Waals surface area contributed by atoms with E-state index in [1.54, 1.807) is 13.0 Å². The Morgan fingerprint density at radius 2 is 2.04 bits per heavy atom. The van der Waals surface area contributed by atoms with Crippen LogP contribution in [-0.4, -0.2) is 36.2 Å². The Hall–Kier alpha value is -3.53. The number of aromatic amines is 1. The van der Waals surface area contributed by atoms with Gasteiger partial charge in [0.1, 0.15) is 5.52 Å². The number of para-hydroxylation sites is 1. The molecule has 0 aliphatic rings. The number of rotatable bonds is 5. The van der Waals surface area contributed by atoms with E-state index in [4.69, 9.17) is 0 Å². The zero-order valence-electron chi connectivity index (χ0n) is 14.6. The predicted octanol–water partition coefficient (Wildman–Crippen LogP) is 3.53. The van der Waals surface area contributed by atoms with Gasteiger partial charge in [-0.1, -0.05) is 36.0 Å². The number of nitrogens with zero attached hydrogens (tertiary/aromatic N) is 4. The molecular formula is C18H14N6O3S. The van der Waals surface area contributed by atoms with Crippen LogP contribution in [-0.2, 0) is 4.79 Å². The Bertz CT molecular complexity index is 1210. The van der Waals surface area contributed by atoms with Gasteiger partial charge in [-0.25, -0.2) is 4.98 Å². The lowest BCUT2D eigenvalue weighted by atomic mass is 10.2. The van der Waals surface area contributed by atoms with Crippen molar-refractivity contribution in [2.75, 3.05) is 5.32 Å². The smallest absolute Gasteiger partial charge is 0.271 e. The number of fused-ring (bicyclic) bond motifs is 3. The van der Waals surface area contributed by atoms with Gasteiger partial charge in [0.2, 0.25) is 11.1 Å². The molecule has 140 valence electrons. The average molecular weight is 394 g/mol. The van der Waals surface area contributed by atoms with Gasteiger partial charge in [-0.3, -0.25) is 14.9 Å². The number of aromatic nitrogens is 4. The van der Waals surface area contributed by atoms with E-state index in [2.05, 4.69) is 25.5 Å². The Labute approximate surface area is 162 Å². The summed E-state index contributed by atoms with van der Waals surface area (Å²) in [6.45, 7) is 1.70. The first-order valence-corrected chi connectivity index (χ1v) is 9.22. The highest BCUT2D eigenvalue weighted by Gasteiger charge is 2.18. The summed E-state index contributed by atoms with van der Waals surface area (Å²) >= 11 is 1.16. The van der Waals surface area contributed by atoms with E-state index in [1.165, 1.54) is 18.2 Å². The first kappa shape index (κ1) is 17.9. The SMILES string of the molecule is C[C@@H](Sc1nnc2c(n1)[nH]c1ccccc12)C(=O)Nc1cccc([N+](=O)[O-])c1. The van der Waals surface area contributed by atoms with Crippen LogP contribution in [0.2, 0.25) is 0 Å². The zero-order valence-corrected chi connectivity index (χ0v) is 15.4. The highest BCUT2D eigenvalue weighted by molar-refractivity contribution is 8.00. The summed E-state index contributed by atoms with van der Waals surface area (Å²) in [5.74, 6) is -0.314. The van der Waals surface area contributed by atoms with Gasteiger partial charge in [-0.05, 0) is 19.1 Å². The van der Waals surface area contributed by atoms with Gasteiger partial charge in [0.25, 0.3) is 5.69 Å². The van der Waals surface area contributed by atoms with Gasteiger partial charge >= 0.3 is 0 Å². The molecule has 1 amide bonds. The first-order valence-electron chi connectivity index (χ1n) is 8.34. The van der Waals surface area contributed by atoms with Gasteiger partial charge in [0.05, 0.1) is 10.2 Å². The number of hydrogen-bond acceptors (Lipinski definition) is 7. The second-order valence-corrected chi connectivity index (χ2v) is 7.33. The van der Waals surface area contributed by atoms with E-state index in [-0.39, 0.29) is 11.6 Å². The molecule has 2 heterocycles. The number of H-pyrrole nitrogens is 1. The number of nitro benzene ring substituents is 1. The number of hydrogen-bond donors (Lipinski definition) is 2. The monoisotopic (exact) mass is 394 g/mol. The number of nitrogens with one attached hydrogen (secondary N) is 2. The van der Waals surface area contributed by atoms with Crippen molar-refractivity contribution >= 4 is 51.1 Å². The normalized spacial score (nSPS) is 12.2. The largest absolute Gasteiger partial charge is 0.338 e. The number of benzene rings is 2. The van der Waals surface area contributed by atoms with E-state index < -0.39 is 10.2 Å². The summed E-state index contributed by atoms with van der Waals surface area (Å²) in [7, 11) is 0. The second kappa shape index (κ2) is 7.24. The molecule has 10 heteroatoms. The minimum Gasteiger partial charge on any atom is -0.338 e. The van der Waals surface area contributed by atoms with Crippen LogP contribution in [0.5, 0.6) is 0 Å². The third-order valence-electron chi connectivity index (χ3n) is 4.08. The molecule has 0 saturated heterocycles. The lowest BCUT2D eigenvalue weighted by molar-refractivity contribution is -0.384. The van der Waals surface area contributed by atoms with Crippen LogP contribution in [0.25, 0.3) is 22.1 Å². The molecule has 2 N–H and O–H groups in total. The van der Waals surface area contributed by atoms with Crippen molar-refractivity contribution in [1.82, 2.24) is 20.2 Å². The van der Waals surface area contributed by atoms with Crippen molar-refractivity contribution in [2.45, 2.75) is 17.3 Å². The minimum atomic E-state index is -0.525. The number of amides is 1. The lowest BCUT2D eigenvalue weighted by Gasteiger charge is -2.10. The molecule has 1 atom stereocenters. The summed E-state index contributed by atoms with van der Waals surface area (Å²) in [4.78, 5) is 30.4. The molecule has 0 radical (unpaired) electrons. The highest BCUT2D eigenvalue weighted by atomic mass is 32.2. The van der Waals surface area contributed by atoms with E-state index >= 15 is 0 Å². The fourth-order valence-electron chi connectivity index (χ4n) is 2.71. The average Bonchev–Trinajstić information content (AvgIpc) is 3.05. The highest BCUT2D eigenvalue weighted by Crippen LogP contribution is 2.26. The summed E-state index contributed by atoms with van der Waals surface area (Å²) < 4.78 is 0. The molecule has 4 rings (SSSR count). The van der Waals surface area contributed by atoms with Crippen molar-refractivity contribution in [3.8, 4) is 0 Å². The molecule has 0 bridgehead atoms. The third-order valence-corrected chi connectivity index (χ3v) is 5.03. The second-order valence-electron chi connectivity index (χ2n) is 6.02. The van der Waals surface area contributed by atoms with Crippen LogP contribution >= 0.6 is 11.8 Å². The zero-order chi connectivity index (χ0) is 19.7. The molecule has 2 aromatic heterocycles. The van der Waals surface area contributed by atoms with Crippen LogP contribution in [0.4, 0.5) is 11.4 Å². The van der Waals surface area contributed by atoms with Crippen LogP contribution < -0.4 is 5.32 Å². The van der Waals surface area contributed by atoms with E-state index in [0.717, 1.165) is 22.7 Å². The number of non-ortho nitro benzene ring substituents is 1.